The topological polar surface area (TPSA) is 92.3 Å². The van der Waals surface area contributed by atoms with Gasteiger partial charge in [-0.15, -0.1) is 6.58 Å². The van der Waals surface area contributed by atoms with Gasteiger partial charge in [-0.25, -0.2) is 0 Å². The second-order valence-electron chi connectivity index (χ2n) is 5.18. The highest BCUT2D eigenvalue weighted by Crippen LogP contribution is 2.23. The van der Waals surface area contributed by atoms with Crippen LogP contribution in [0.15, 0.2) is 46.2 Å². The van der Waals surface area contributed by atoms with Crippen LogP contribution in [0.4, 0.5) is 0 Å². The van der Waals surface area contributed by atoms with Gasteiger partial charge in [-0.2, -0.15) is 5.26 Å². The zero-order chi connectivity index (χ0) is 18.6. The normalized spacial score (nSPS) is 10.1. The first-order valence-electron chi connectivity index (χ1n) is 7.29. The summed E-state index contributed by atoms with van der Waals surface area (Å²) in [6.07, 6.45) is 1.39. The third kappa shape index (κ3) is 3.80. The molecule has 2 rings (SSSR count). The molecule has 0 aliphatic carbocycles. The second-order valence-corrected chi connectivity index (χ2v) is 6.10. The molecular weight excluding hydrogens is 388 g/mol. The number of aromatic hydroxyl groups is 1. The van der Waals surface area contributed by atoms with E-state index in [1.165, 1.54) is 13.0 Å². The summed E-state index contributed by atoms with van der Waals surface area (Å²) in [5.74, 6) is -0.549. The largest absolute Gasteiger partial charge is 0.494 e. The van der Waals surface area contributed by atoms with Crippen molar-refractivity contribution in [2.24, 2.45) is 0 Å². The molecule has 128 valence electrons. The van der Waals surface area contributed by atoms with E-state index < -0.39 is 17.2 Å². The highest BCUT2D eigenvalue weighted by atomic mass is 79.9. The Morgan fingerprint density at radius 1 is 1.44 bits per heavy atom. The summed E-state index contributed by atoms with van der Waals surface area (Å²) in [5, 5.41) is 19.5. The van der Waals surface area contributed by atoms with Crippen LogP contribution in [-0.2, 0) is 6.54 Å². The lowest BCUT2D eigenvalue weighted by Gasteiger charge is -2.14. The lowest BCUT2D eigenvalue weighted by Crippen LogP contribution is -2.27. The number of halogens is 1. The van der Waals surface area contributed by atoms with Gasteiger partial charge in [-0.05, 0) is 36.8 Å². The Bertz CT molecular complexity index is 924. The van der Waals surface area contributed by atoms with Gasteiger partial charge in [-0.1, -0.05) is 22.0 Å². The number of Topliss-reactive ketones (excluding diaryl/α,β-unsaturated/α-hetero) is 1. The summed E-state index contributed by atoms with van der Waals surface area (Å²) in [6, 6.07) is 8.68. The zero-order valence-corrected chi connectivity index (χ0v) is 15.0. The summed E-state index contributed by atoms with van der Waals surface area (Å²) in [4.78, 5) is 24.7. The van der Waals surface area contributed by atoms with Crippen molar-refractivity contribution in [1.29, 1.82) is 5.26 Å². The maximum absolute atomic E-state index is 12.5. The van der Waals surface area contributed by atoms with Gasteiger partial charge in [0, 0.05) is 11.0 Å². The van der Waals surface area contributed by atoms with Gasteiger partial charge in [0.15, 0.2) is 6.61 Å². The van der Waals surface area contributed by atoms with Crippen LogP contribution in [0.3, 0.4) is 0 Å². The molecule has 6 nitrogen and oxygen atoms in total. The summed E-state index contributed by atoms with van der Waals surface area (Å²) in [7, 11) is 0. The van der Waals surface area contributed by atoms with E-state index in [4.69, 9.17) is 4.74 Å². The van der Waals surface area contributed by atoms with E-state index in [9.17, 15) is 20.0 Å². The quantitative estimate of drug-likeness (QED) is 0.592. The predicted octanol–water partition coefficient (Wildman–Crippen LogP) is 2.94. The number of carbonyl (C=O) groups is 1. The number of hydrogen-bond donors (Lipinski definition) is 1. The Kier molecular flexibility index (Phi) is 5.78. The zero-order valence-electron chi connectivity index (χ0n) is 13.5. The van der Waals surface area contributed by atoms with E-state index in [1.807, 2.05) is 0 Å². The predicted molar refractivity (Wildman–Crippen MR) is 96.0 cm³/mol. The number of ketones is 1. The van der Waals surface area contributed by atoms with Crippen molar-refractivity contribution in [2.75, 3.05) is 6.61 Å². The molecule has 0 fully saturated rings. The van der Waals surface area contributed by atoms with Crippen molar-refractivity contribution < 1.29 is 14.6 Å². The SMILES string of the molecule is C=CCn1c(O)c(C(=O)COc2ccc(Br)cc2)c(C)c(C#N)c1=O. The monoisotopic (exact) mass is 402 g/mol. The van der Waals surface area contributed by atoms with E-state index >= 15 is 0 Å². The Morgan fingerprint density at radius 3 is 2.64 bits per heavy atom. The number of aromatic nitrogens is 1. The summed E-state index contributed by atoms with van der Waals surface area (Å²) >= 11 is 3.30. The smallest absolute Gasteiger partial charge is 0.271 e. The molecule has 0 saturated heterocycles. The molecule has 0 radical (unpaired) electrons. The summed E-state index contributed by atoms with van der Waals surface area (Å²) < 4.78 is 7.22. The van der Waals surface area contributed by atoms with Gasteiger partial charge < -0.3 is 9.84 Å². The molecule has 1 N–H and O–H groups in total. The summed E-state index contributed by atoms with van der Waals surface area (Å²) in [6.45, 7) is 4.60. The molecule has 1 aromatic carbocycles. The molecular formula is C18H15BrN2O4. The van der Waals surface area contributed by atoms with Crippen LogP contribution in [0, 0.1) is 18.3 Å². The number of nitriles is 1. The van der Waals surface area contributed by atoms with Crippen molar-refractivity contribution in [3.05, 3.63) is 68.4 Å². The third-order valence-electron chi connectivity index (χ3n) is 3.57. The molecule has 25 heavy (non-hydrogen) atoms. The lowest BCUT2D eigenvalue weighted by atomic mass is 10.0. The fourth-order valence-corrected chi connectivity index (χ4v) is 2.60. The number of rotatable bonds is 6. The van der Waals surface area contributed by atoms with Gasteiger partial charge in [0.1, 0.15) is 17.4 Å². The highest BCUT2D eigenvalue weighted by molar-refractivity contribution is 9.10. The first-order chi connectivity index (χ1) is 11.9. The second kappa shape index (κ2) is 7.81. The van der Waals surface area contributed by atoms with Crippen molar-refractivity contribution in [2.45, 2.75) is 13.5 Å². The molecule has 0 bridgehead atoms. The maximum Gasteiger partial charge on any atom is 0.271 e. The molecule has 0 aliphatic heterocycles. The minimum Gasteiger partial charge on any atom is -0.494 e. The van der Waals surface area contributed by atoms with Crippen molar-refractivity contribution >= 4 is 21.7 Å². The van der Waals surface area contributed by atoms with Crippen LogP contribution in [0.1, 0.15) is 21.5 Å². The van der Waals surface area contributed by atoms with Crippen LogP contribution >= 0.6 is 15.9 Å². The minimum absolute atomic E-state index is 0.0204. The molecule has 0 atom stereocenters. The molecule has 0 spiro atoms. The van der Waals surface area contributed by atoms with E-state index in [-0.39, 0.29) is 29.8 Å². The number of hydrogen-bond acceptors (Lipinski definition) is 5. The van der Waals surface area contributed by atoms with Crippen molar-refractivity contribution in [3.8, 4) is 17.7 Å². The average molecular weight is 403 g/mol. The number of pyridine rings is 1. The molecule has 0 amide bonds. The van der Waals surface area contributed by atoms with Crippen molar-refractivity contribution in [3.63, 3.8) is 0 Å². The summed E-state index contributed by atoms with van der Waals surface area (Å²) in [5.41, 5.74) is -0.820. The molecule has 2 aromatic rings. The fourth-order valence-electron chi connectivity index (χ4n) is 2.34. The Labute approximate surface area is 152 Å². The first-order valence-corrected chi connectivity index (χ1v) is 8.09. The Hall–Kier alpha value is -2.85. The number of allylic oxidation sites excluding steroid dienone is 1. The molecule has 7 heteroatoms. The van der Waals surface area contributed by atoms with Gasteiger partial charge in [0.05, 0.1) is 5.56 Å². The van der Waals surface area contributed by atoms with Crippen LogP contribution in [-0.4, -0.2) is 22.1 Å². The number of nitrogens with zero attached hydrogens (tertiary/aromatic N) is 2. The van der Waals surface area contributed by atoms with Gasteiger partial charge in [0.25, 0.3) is 5.56 Å². The number of carbonyl (C=O) groups excluding carboxylic acids is 1. The van der Waals surface area contributed by atoms with E-state index in [0.29, 0.717) is 5.75 Å². The van der Waals surface area contributed by atoms with E-state index in [2.05, 4.69) is 22.5 Å². The maximum atomic E-state index is 12.5. The van der Waals surface area contributed by atoms with Crippen molar-refractivity contribution in [1.82, 2.24) is 4.57 Å². The third-order valence-corrected chi connectivity index (χ3v) is 4.10. The Balaban J connectivity index is 2.40. The van der Waals surface area contributed by atoms with Crippen LogP contribution in [0.25, 0.3) is 0 Å². The van der Waals surface area contributed by atoms with Crippen LogP contribution < -0.4 is 10.3 Å². The highest BCUT2D eigenvalue weighted by Gasteiger charge is 2.23. The van der Waals surface area contributed by atoms with Crippen LogP contribution in [0.2, 0.25) is 0 Å². The van der Waals surface area contributed by atoms with Gasteiger partial charge >= 0.3 is 0 Å². The molecule has 0 saturated carbocycles. The lowest BCUT2D eigenvalue weighted by molar-refractivity contribution is 0.0916. The molecule has 1 aromatic heterocycles. The fraction of sp³-hybridized carbons (Fsp3) is 0.167. The van der Waals surface area contributed by atoms with Gasteiger partial charge in [0.2, 0.25) is 11.7 Å². The number of ether oxygens (including phenoxy) is 1. The molecule has 1 heterocycles. The molecule has 0 aliphatic rings. The standard InChI is InChI=1S/C18H15BrN2O4/c1-3-8-21-17(23)14(9-20)11(2)16(18(21)24)15(22)10-25-13-6-4-12(19)5-7-13/h3-7,24H,1,8,10H2,2H3. The Morgan fingerprint density at radius 2 is 2.08 bits per heavy atom. The molecule has 0 unspecified atom stereocenters. The first kappa shape index (κ1) is 18.5. The number of benzene rings is 1. The minimum atomic E-state index is -0.664. The van der Waals surface area contributed by atoms with Crippen LogP contribution in [0.5, 0.6) is 11.6 Å². The van der Waals surface area contributed by atoms with E-state index in [1.54, 1.807) is 30.3 Å². The van der Waals surface area contributed by atoms with Gasteiger partial charge in [-0.3, -0.25) is 14.2 Å². The van der Waals surface area contributed by atoms with E-state index in [0.717, 1.165) is 9.04 Å². The average Bonchev–Trinajstić information content (AvgIpc) is 2.58.